The second-order valence-electron chi connectivity index (χ2n) is 22.7. The van der Waals surface area contributed by atoms with Gasteiger partial charge in [-0.3, -0.25) is 19.3 Å². The van der Waals surface area contributed by atoms with Gasteiger partial charge in [0.15, 0.2) is 42.3 Å². The molecule has 7 rings (SSSR count). The van der Waals surface area contributed by atoms with E-state index in [-0.39, 0.29) is 26.6 Å². The Balaban J connectivity index is 1.26. The molecule has 0 unspecified atom stereocenters. The van der Waals surface area contributed by atoms with Crippen LogP contribution < -0.4 is 20.9 Å². The number of halogens is 1. The summed E-state index contributed by atoms with van der Waals surface area (Å²) in [6, 6.07) is 21.3. The molecule has 4 heterocycles. The predicted molar refractivity (Wildman–Crippen MR) is 290 cm³/mol. The number of aliphatic imine (C=N–C) groups is 1. The lowest BCUT2D eigenvalue weighted by Gasteiger charge is -2.44. The summed E-state index contributed by atoms with van der Waals surface area (Å²) >= 11 is 6.41. The molecular weight excluding hydrogens is 940 g/mol. The van der Waals surface area contributed by atoms with Crippen molar-refractivity contribution in [1.82, 2.24) is 24.5 Å². The van der Waals surface area contributed by atoms with Crippen LogP contribution >= 0.6 is 11.6 Å². The molecule has 1 saturated heterocycles. The molecule has 0 amide bonds. The molecule has 3 aromatic carbocycles. The van der Waals surface area contributed by atoms with E-state index in [9.17, 15) is 4.79 Å². The number of benzene rings is 3. The van der Waals surface area contributed by atoms with Gasteiger partial charge < -0.3 is 33.4 Å². The molecule has 0 bridgehead atoms. The van der Waals surface area contributed by atoms with Crippen LogP contribution in [0.1, 0.15) is 74.1 Å². The molecule has 3 N–H and O–H groups in total. The Bertz CT molecular complexity index is 2890. The summed E-state index contributed by atoms with van der Waals surface area (Å²) in [5.74, 6) is 1.44. The number of nitrogens with zero attached hydrogens (tertiary/aromatic N) is 5. The third-order valence-electron chi connectivity index (χ3n) is 14.8. The molecular formula is C51H73ClN8O6Si3. The molecule has 0 radical (unpaired) electrons. The molecule has 3 aromatic heterocycles. The van der Waals surface area contributed by atoms with Crippen molar-refractivity contribution in [2.24, 2.45) is 4.99 Å². The van der Waals surface area contributed by atoms with Crippen molar-refractivity contribution in [3.8, 4) is 5.75 Å². The number of aromatic amines is 1. The van der Waals surface area contributed by atoms with E-state index in [1.807, 2.05) is 71.3 Å². The fourth-order valence-corrected chi connectivity index (χ4v) is 11.3. The monoisotopic (exact) mass is 1010 g/mol. The number of rotatable bonds is 15. The molecule has 0 saturated carbocycles. The number of imidazole rings is 1. The maximum atomic E-state index is 14.0. The summed E-state index contributed by atoms with van der Waals surface area (Å²) in [4.78, 5) is 36.6. The summed E-state index contributed by atoms with van der Waals surface area (Å²) in [5.41, 5.74) is 3.40. The number of ether oxygens (including phenoxy) is 2. The average molecular weight is 1010 g/mol. The summed E-state index contributed by atoms with van der Waals surface area (Å²) in [7, 11) is -5.45. The van der Waals surface area contributed by atoms with E-state index < -0.39 is 55.1 Å². The number of pyridine rings is 1. The van der Waals surface area contributed by atoms with E-state index in [1.165, 1.54) is 0 Å². The fourth-order valence-electron chi connectivity index (χ4n) is 7.52. The lowest BCUT2D eigenvalue weighted by atomic mass is 10.1. The van der Waals surface area contributed by atoms with Crippen molar-refractivity contribution in [1.29, 1.82) is 0 Å². The highest BCUT2D eigenvalue weighted by Crippen LogP contribution is 2.47. The van der Waals surface area contributed by atoms with Crippen molar-refractivity contribution in [2.45, 2.75) is 141 Å². The van der Waals surface area contributed by atoms with Crippen LogP contribution in [0, 0.1) is 0 Å². The van der Waals surface area contributed by atoms with Gasteiger partial charge in [-0.2, -0.15) is 4.98 Å². The van der Waals surface area contributed by atoms with Crippen molar-refractivity contribution in [3.63, 3.8) is 0 Å². The Hall–Kier alpha value is -4.47. The Morgan fingerprint density at radius 2 is 1.46 bits per heavy atom. The number of hydrogen-bond donors (Lipinski definition) is 3. The molecule has 0 aliphatic carbocycles. The Kier molecular flexibility index (Phi) is 14.9. The topological polar surface area (TPSA) is 159 Å². The zero-order valence-electron chi connectivity index (χ0n) is 43.4. The van der Waals surface area contributed by atoms with Crippen LogP contribution in [0.4, 0.5) is 11.6 Å². The minimum atomic E-state index is -2.47. The van der Waals surface area contributed by atoms with E-state index in [1.54, 1.807) is 13.4 Å². The van der Waals surface area contributed by atoms with Crippen LogP contribution in [-0.2, 0) is 18.0 Å². The first kappa shape index (κ1) is 52.4. The number of amidine groups is 1. The molecule has 4 atom stereocenters. The number of nitrogens with one attached hydrogen (secondary N) is 3. The largest absolute Gasteiger partial charge is 0.497 e. The number of methoxy groups -OCH3 is 1. The minimum absolute atomic E-state index is 0.0155. The van der Waals surface area contributed by atoms with Crippen molar-refractivity contribution >= 4 is 87.0 Å². The molecule has 14 nitrogen and oxygen atoms in total. The first-order chi connectivity index (χ1) is 32.1. The van der Waals surface area contributed by atoms with Gasteiger partial charge in [-0.1, -0.05) is 104 Å². The maximum Gasteiger partial charge on any atom is 0.280 e. The zero-order valence-corrected chi connectivity index (χ0v) is 47.2. The van der Waals surface area contributed by atoms with Gasteiger partial charge in [0.05, 0.1) is 43.3 Å². The lowest BCUT2D eigenvalue weighted by molar-refractivity contribution is -0.0470. The highest BCUT2D eigenvalue weighted by Gasteiger charge is 2.55. The lowest BCUT2D eigenvalue weighted by Crippen LogP contribution is -2.54. The summed E-state index contributed by atoms with van der Waals surface area (Å²) in [6.07, 6.45) is -0.612. The smallest absolute Gasteiger partial charge is 0.280 e. The van der Waals surface area contributed by atoms with Gasteiger partial charge in [0.2, 0.25) is 5.95 Å². The normalized spacial score (nSPS) is 18.9. The van der Waals surface area contributed by atoms with Crippen LogP contribution in [0.15, 0.2) is 82.8 Å². The SMILES string of the molecule is COc1ccc2nc3cc(Cl)ccc3c(NCCN=C(Nc3nc4c(ncn4[C@@H]4O[C@H](CO[Si](C)(C)C(C)(C)C)[C@@H](O[Si](C)(C)C(C)(C)C)[C@H]4O[Si](C)(C)C(C)(C)C)c(=O)[nH]3)c3ccccc3)c2c1. The average Bonchev–Trinajstić information content (AvgIpc) is 3.82. The molecule has 69 heavy (non-hydrogen) atoms. The van der Waals surface area contributed by atoms with E-state index in [2.05, 4.69) is 122 Å². The van der Waals surface area contributed by atoms with Gasteiger partial charge in [-0.05, 0) is 90.8 Å². The van der Waals surface area contributed by atoms with Gasteiger partial charge in [0, 0.05) is 27.9 Å². The van der Waals surface area contributed by atoms with Crippen LogP contribution in [0.2, 0.25) is 59.4 Å². The summed E-state index contributed by atoms with van der Waals surface area (Å²) in [6.45, 7) is 34.8. The first-order valence-corrected chi connectivity index (χ1v) is 33.0. The van der Waals surface area contributed by atoms with Gasteiger partial charge in [0.25, 0.3) is 5.56 Å². The van der Waals surface area contributed by atoms with E-state index in [4.69, 9.17) is 49.3 Å². The quantitative estimate of drug-likeness (QED) is 0.0295. The van der Waals surface area contributed by atoms with E-state index in [0.29, 0.717) is 36.2 Å². The van der Waals surface area contributed by atoms with Crippen LogP contribution in [0.5, 0.6) is 5.75 Å². The van der Waals surface area contributed by atoms with Crippen molar-refractivity contribution in [3.05, 3.63) is 94.0 Å². The molecule has 1 fully saturated rings. The highest BCUT2D eigenvalue weighted by molar-refractivity contribution is 6.75. The number of H-pyrrole nitrogens is 1. The van der Waals surface area contributed by atoms with E-state index in [0.717, 1.165) is 38.8 Å². The third kappa shape index (κ3) is 11.2. The Morgan fingerprint density at radius 1 is 0.812 bits per heavy atom. The molecule has 0 spiro atoms. The second kappa shape index (κ2) is 19.6. The predicted octanol–water partition coefficient (Wildman–Crippen LogP) is 12.2. The van der Waals surface area contributed by atoms with Gasteiger partial charge in [-0.25, -0.2) is 9.97 Å². The molecule has 1 aliphatic heterocycles. The zero-order chi connectivity index (χ0) is 50.5. The molecule has 372 valence electrons. The fraction of sp³-hybridized carbons (Fsp3) is 0.510. The first-order valence-electron chi connectivity index (χ1n) is 23.9. The molecule has 18 heteroatoms. The van der Waals surface area contributed by atoms with Crippen LogP contribution in [-0.4, -0.2) is 100 Å². The third-order valence-corrected chi connectivity index (χ3v) is 28.5. The van der Waals surface area contributed by atoms with Gasteiger partial charge in [-0.15, -0.1) is 0 Å². The van der Waals surface area contributed by atoms with Crippen LogP contribution in [0.3, 0.4) is 0 Å². The Labute approximate surface area is 415 Å². The summed E-state index contributed by atoms with van der Waals surface area (Å²) < 4.78 is 36.3. The number of aromatic nitrogens is 5. The van der Waals surface area contributed by atoms with Gasteiger partial charge in [0.1, 0.15) is 29.9 Å². The number of anilines is 2. The van der Waals surface area contributed by atoms with Crippen LogP contribution in [0.25, 0.3) is 33.0 Å². The minimum Gasteiger partial charge on any atom is -0.497 e. The number of fused-ring (bicyclic) bond motifs is 3. The van der Waals surface area contributed by atoms with Gasteiger partial charge >= 0.3 is 0 Å². The molecule has 1 aliphatic rings. The summed E-state index contributed by atoms with van der Waals surface area (Å²) in [5, 5.41) is 9.22. The second-order valence-corrected chi connectivity index (χ2v) is 37.5. The van der Waals surface area contributed by atoms with Crippen molar-refractivity contribution < 1.29 is 22.8 Å². The van der Waals surface area contributed by atoms with Crippen molar-refractivity contribution in [2.75, 3.05) is 37.4 Å². The number of hydrogen-bond acceptors (Lipinski definition) is 11. The maximum absolute atomic E-state index is 14.0. The molecule has 6 aromatic rings. The standard InChI is InChI=1S/C51H73ClN8O6Si3/c1-49(2,3)67(11,12)63-30-39-42(65-68(13,14)50(4,5)6)43(66-69(15,16)51(7,8)9)47(64-39)60-31-55-41-45(60)58-48(59-46(41)61)57-44(32-20-18-17-19-21-32)54-27-26-53-40-35-24-22-33(52)28-38(35)56-37-25-23-34(62-10)29-36(37)40/h17-25,28-29,31,39,42-43,47H,26-27,30H2,1-16H3,(H,53,56)(H2,54,57,58,59,61)/t39-,42-,43-,47-/m1/s1. The Morgan fingerprint density at radius 3 is 2.10 bits per heavy atom. The highest BCUT2D eigenvalue weighted by atomic mass is 35.5. The van der Waals surface area contributed by atoms with E-state index >= 15 is 0 Å².